The van der Waals surface area contributed by atoms with Gasteiger partial charge in [-0.3, -0.25) is 20.2 Å². The summed E-state index contributed by atoms with van der Waals surface area (Å²) in [5.74, 6) is -0.153. The molecule has 0 saturated heterocycles. The van der Waals surface area contributed by atoms with E-state index in [1.165, 1.54) is 7.11 Å². The van der Waals surface area contributed by atoms with Crippen LogP contribution in [0.2, 0.25) is 15.7 Å². The standard InChI is InChI=1S/C12H11ClN4O2.C9H11NO2.C4HCl2N3O2.CO2/c1-8-5-3-4-6-9(8)16(2)11-10(17(18)19)7-14-12(13)15-11;1-10-8-6-4-3-5-7(8)9(11)12-2;5-3-2(9(10)11)1-7-4(6)8-3;2-1-3/h3-7H,1-2H3;3-6,10H,1-2H3;1H;. The highest BCUT2D eigenvalue weighted by molar-refractivity contribution is 6.33. The molecule has 236 valence electrons. The molecule has 0 spiro atoms. The van der Waals surface area contributed by atoms with Gasteiger partial charge >= 0.3 is 23.5 Å². The van der Waals surface area contributed by atoms with Gasteiger partial charge in [0.25, 0.3) is 0 Å². The molecule has 0 atom stereocenters. The molecule has 4 aromatic rings. The maximum Gasteiger partial charge on any atom is 0.373 e. The van der Waals surface area contributed by atoms with Gasteiger partial charge in [0.2, 0.25) is 21.5 Å². The Morgan fingerprint density at radius 1 is 0.911 bits per heavy atom. The average Bonchev–Trinajstić information content (AvgIpc) is 3.01. The fraction of sp³-hybridized carbons (Fsp3) is 0.154. The summed E-state index contributed by atoms with van der Waals surface area (Å²) in [6.45, 7) is 1.92. The highest BCUT2D eigenvalue weighted by Crippen LogP contribution is 2.32. The number of aryl methyl sites for hydroxylation is 1. The molecule has 2 aromatic heterocycles. The second-order valence-electron chi connectivity index (χ2n) is 7.89. The van der Waals surface area contributed by atoms with E-state index >= 15 is 0 Å². The van der Waals surface area contributed by atoms with Crippen LogP contribution in [0.3, 0.4) is 0 Å². The van der Waals surface area contributed by atoms with Crippen molar-refractivity contribution in [2.45, 2.75) is 6.92 Å². The Bertz CT molecular complexity index is 1670. The van der Waals surface area contributed by atoms with Crippen LogP contribution in [0.1, 0.15) is 15.9 Å². The van der Waals surface area contributed by atoms with E-state index in [0.717, 1.165) is 29.3 Å². The van der Waals surface area contributed by atoms with Gasteiger partial charge in [-0.05, 0) is 53.9 Å². The smallest absolute Gasteiger partial charge is 0.373 e. The van der Waals surface area contributed by atoms with E-state index in [0.29, 0.717) is 5.56 Å². The lowest BCUT2D eigenvalue weighted by Gasteiger charge is -2.19. The van der Waals surface area contributed by atoms with Gasteiger partial charge < -0.3 is 15.0 Å². The third-order valence-corrected chi connectivity index (χ3v) is 5.85. The summed E-state index contributed by atoms with van der Waals surface area (Å²) in [5, 5.41) is 23.7. The molecular weight excluding hydrogens is 659 g/mol. The van der Waals surface area contributed by atoms with Crippen molar-refractivity contribution in [2.24, 2.45) is 0 Å². The normalized spacial score (nSPS) is 9.31. The van der Waals surface area contributed by atoms with E-state index in [4.69, 9.17) is 44.4 Å². The van der Waals surface area contributed by atoms with Crippen LogP contribution in [0.25, 0.3) is 0 Å². The molecule has 16 nitrogen and oxygen atoms in total. The molecule has 0 radical (unpaired) electrons. The van der Waals surface area contributed by atoms with Gasteiger partial charge in [-0.25, -0.2) is 14.8 Å². The predicted octanol–water partition coefficient (Wildman–Crippen LogP) is 5.74. The number of carbonyl (C=O) groups is 1. The molecule has 45 heavy (non-hydrogen) atoms. The highest BCUT2D eigenvalue weighted by Gasteiger charge is 2.22. The van der Waals surface area contributed by atoms with Gasteiger partial charge in [0.15, 0.2) is 0 Å². The van der Waals surface area contributed by atoms with Crippen molar-refractivity contribution in [3.05, 3.63) is 108 Å². The average molecular weight is 682 g/mol. The molecule has 0 amide bonds. The molecule has 2 aromatic carbocycles. The second kappa shape index (κ2) is 19.1. The van der Waals surface area contributed by atoms with Gasteiger partial charge in [0.1, 0.15) is 12.4 Å². The number of carbonyl (C=O) groups excluding carboxylic acids is 3. The van der Waals surface area contributed by atoms with Crippen molar-refractivity contribution in [2.75, 3.05) is 31.4 Å². The zero-order valence-electron chi connectivity index (χ0n) is 23.8. The highest BCUT2D eigenvalue weighted by atomic mass is 35.5. The van der Waals surface area contributed by atoms with Crippen molar-refractivity contribution in [1.82, 2.24) is 19.9 Å². The minimum atomic E-state index is -0.682. The Kier molecular flexibility index (Phi) is 16.0. The fourth-order valence-corrected chi connectivity index (χ4v) is 3.72. The maximum atomic E-state index is 11.1. The van der Waals surface area contributed by atoms with Crippen LogP contribution >= 0.6 is 34.8 Å². The zero-order valence-corrected chi connectivity index (χ0v) is 26.1. The predicted molar refractivity (Wildman–Crippen MR) is 164 cm³/mol. The number of halogens is 3. The SMILES string of the molecule is CNc1ccccc1C(=O)OC.Cc1ccccc1N(C)c1nc(Cl)ncc1[N+](=O)[O-].O=C=O.O=[N+]([O-])c1cnc(Cl)nc1Cl. The van der Waals surface area contributed by atoms with Gasteiger partial charge in [-0.15, -0.1) is 0 Å². The lowest BCUT2D eigenvalue weighted by atomic mass is 10.2. The molecule has 1 N–H and O–H groups in total. The molecule has 2 heterocycles. The van der Waals surface area contributed by atoms with Crippen LogP contribution in [-0.2, 0) is 14.3 Å². The van der Waals surface area contributed by atoms with Crippen LogP contribution in [-0.4, -0.2) is 63.1 Å². The minimum absolute atomic E-state index is 0.0268. The second-order valence-corrected chi connectivity index (χ2v) is 8.93. The summed E-state index contributed by atoms with van der Waals surface area (Å²) in [4.78, 5) is 63.3. The van der Waals surface area contributed by atoms with Crippen LogP contribution < -0.4 is 10.2 Å². The number of benzene rings is 2. The fourth-order valence-electron chi connectivity index (χ4n) is 3.22. The van der Waals surface area contributed by atoms with Crippen molar-refractivity contribution in [3.63, 3.8) is 0 Å². The summed E-state index contributed by atoms with van der Waals surface area (Å²) in [6.07, 6.45) is 2.32. The van der Waals surface area contributed by atoms with E-state index in [2.05, 4.69) is 30.0 Å². The summed E-state index contributed by atoms with van der Waals surface area (Å²) in [7, 11) is 4.84. The van der Waals surface area contributed by atoms with E-state index in [9.17, 15) is 25.0 Å². The van der Waals surface area contributed by atoms with E-state index in [-0.39, 0.29) is 45.0 Å². The first-order valence-electron chi connectivity index (χ1n) is 12.0. The third-order valence-electron chi connectivity index (χ3n) is 5.21. The topological polar surface area (TPSA) is 214 Å². The molecule has 0 aliphatic carbocycles. The van der Waals surface area contributed by atoms with Crippen LogP contribution in [0.4, 0.5) is 28.6 Å². The summed E-state index contributed by atoms with van der Waals surface area (Å²) in [5.41, 5.74) is 2.60. The van der Waals surface area contributed by atoms with Crippen molar-refractivity contribution < 1.29 is 29.0 Å². The Labute approximate surface area is 270 Å². The number of aromatic nitrogens is 4. The molecule has 0 aliphatic heterocycles. The van der Waals surface area contributed by atoms with E-state index < -0.39 is 9.85 Å². The summed E-state index contributed by atoms with van der Waals surface area (Å²) < 4.78 is 4.60. The largest absolute Gasteiger partial charge is 0.465 e. The lowest BCUT2D eigenvalue weighted by Crippen LogP contribution is -2.15. The number of nitrogens with zero attached hydrogens (tertiary/aromatic N) is 7. The number of methoxy groups -OCH3 is 1. The molecule has 19 heteroatoms. The van der Waals surface area contributed by atoms with Crippen LogP contribution in [0.5, 0.6) is 0 Å². The number of esters is 1. The number of hydrogen-bond acceptors (Lipinski definition) is 14. The Hall–Kier alpha value is -5.28. The first-order valence-corrected chi connectivity index (χ1v) is 13.1. The number of nitrogens with one attached hydrogen (secondary N) is 1. The molecule has 0 bridgehead atoms. The van der Waals surface area contributed by atoms with E-state index in [1.807, 2.05) is 43.3 Å². The lowest BCUT2D eigenvalue weighted by molar-refractivity contribution is -0.385. The quantitative estimate of drug-likeness (QED) is 0.0845. The number of hydrogen-bond donors (Lipinski definition) is 1. The summed E-state index contributed by atoms with van der Waals surface area (Å²) >= 11 is 16.4. The van der Waals surface area contributed by atoms with Crippen LogP contribution in [0.15, 0.2) is 60.9 Å². The molecule has 0 aliphatic rings. The number of anilines is 3. The Balaban J connectivity index is 0.000000338. The molecule has 0 unspecified atom stereocenters. The Morgan fingerprint density at radius 3 is 1.93 bits per heavy atom. The Morgan fingerprint density at radius 2 is 1.42 bits per heavy atom. The number of rotatable bonds is 6. The first kappa shape index (κ1) is 37.7. The molecule has 4 rings (SSSR count). The maximum absolute atomic E-state index is 11.1. The molecular formula is C26H23Cl3N8O8. The van der Waals surface area contributed by atoms with Gasteiger partial charge in [0.05, 0.1) is 22.5 Å². The van der Waals surface area contributed by atoms with Gasteiger partial charge in [-0.2, -0.15) is 19.6 Å². The number of ether oxygens (including phenoxy) is 1. The third kappa shape index (κ3) is 11.7. The van der Waals surface area contributed by atoms with Crippen molar-refractivity contribution in [3.8, 4) is 0 Å². The number of nitro groups is 2. The summed E-state index contributed by atoms with van der Waals surface area (Å²) in [6, 6.07) is 14.7. The van der Waals surface area contributed by atoms with E-state index in [1.54, 1.807) is 31.1 Å². The van der Waals surface area contributed by atoms with Crippen molar-refractivity contribution in [1.29, 1.82) is 0 Å². The van der Waals surface area contributed by atoms with Gasteiger partial charge in [0, 0.05) is 25.5 Å². The van der Waals surface area contributed by atoms with Crippen LogP contribution in [0, 0.1) is 27.2 Å². The number of para-hydroxylation sites is 2. The van der Waals surface area contributed by atoms with Crippen molar-refractivity contribution >= 4 is 75.5 Å². The van der Waals surface area contributed by atoms with Gasteiger partial charge in [-0.1, -0.05) is 41.9 Å². The molecule has 0 saturated carbocycles. The first-order chi connectivity index (χ1) is 21.3. The zero-order chi connectivity index (χ0) is 34.1. The monoisotopic (exact) mass is 680 g/mol. The minimum Gasteiger partial charge on any atom is -0.465 e. The molecule has 0 fully saturated rings.